The molecule has 1 aliphatic rings. The van der Waals surface area contributed by atoms with Crippen LogP contribution in [0.15, 0.2) is 12.4 Å². The molecule has 124 valence electrons. The number of likely N-dealkylation sites (N-methyl/N-ethyl adjacent to an activating group) is 1. The predicted octanol–water partition coefficient (Wildman–Crippen LogP) is 1.39. The molecule has 1 aromatic rings. The van der Waals surface area contributed by atoms with Crippen LogP contribution in [-0.2, 0) is 16.1 Å². The monoisotopic (exact) mass is 316 g/mol. The van der Waals surface area contributed by atoms with Gasteiger partial charge in [0.1, 0.15) is 5.82 Å². The van der Waals surface area contributed by atoms with Gasteiger partial charge in [-0.25, -0.2) is 4.98 Å². The lowest BCUT2D eigenvalue weighted by molar-refractivity contribution is -0.126. The molecule has 1 fully saturated rings. The molecular weight excluding hydrogens is 294 g/mol. The quantitative estimate of drug-likeness (QED) is 0.826. The first-order chi connectivity index (χ1) is 10.5. The van der Waals surface area contributed by atoms with Crippen molar-refractivity contribution in [1.82, 2.24) is 19.8 Å². The molecule has 0 spiro atoms. The minimum Gasteiger partial charge on any atom is -0.376 e. The molecule has 0 aliphatic carbocycles. The van der Waals surface area contributed by atoms with Gasteiger partial charge >= 0.3 is 6.55 Å². The number of amides is 1. The van der Waals surface area contributed by atoms with Crippen molar-refractivity contribution >= 4 is 5.91 Å². The third kappa shape index (κ3) is 4.23. The molecule has 1 N–H and O–H groups in total. The number of nitrogens with zero attached hydrogens (tertiary/aromatic N) is 3. The van der Waals surface area contributed by atoms with Crippen molar-refractivity contribution in [3.05, 3.63) is 18.2 Å². The summed E-state index contributed by atoms with van der Waals surface area (Å²) in [6.07, 6.45) is 4.62. The summed E-state index contributed by atoms with van der Waals surface area (Å²) in [4.78, 5) is 17.7. The number of carbonyl (C=O) groups excluding carboxylic acids is 1. The number of hydrogen-bond donors (Lipinski definition) is 1. The van der Waals surface area contributed by atoms with Crippen LogP contribution in [0.1, 0.15) is 32.1 Å². The first kappa shape index (κ1) is 16.8. The fraction of sp³-hybridized carbons (Fsp3) is 0.714. The van der Waals surface area contributed by atoms with Crippen molar-refractivity contribution in [3.8, 4) is 0 Å². The van der Waals surface area contributed by atoms with Crippen LogP contribution in [0.25, 0.3) is 0 Å². The van der Waals surface area contributed by atoms with Crippen LogP contribution < -0.4 is 5.32 Å². The maximum atomic E-state index is 12.8. The summed E-state index contributed by atoms with van der Waals surface area (Å²) in [6, 6.07) is -0.441. The lowest BCUT2D eigenvalue weighted by atomic mass is 10.2. The van der Waals surface area contributed by atoms with E-state index in [-0.39, 0.29) is 24.4 Å². The highest BCUT2D eigenvalue weighted by Crippen LogP contribution is 2.14. The maximum absolute atomic E-state index is 12.8. The number of halogens is 2. The van der Waals surface area contributed by atoms with Crippen LogP contribution in [-0.4, -0.2) is 52.7 Å². The third-order valence-corrected chi connectivity index (χ3v) is 3.92. The summed E-state index contributed by atoms with van der Waals surface area (Å²) in [5.74, 6) is 0.0874. The molecule has 1 aromatic heterocycles. The zero-order valence-corrected chi connectivity index (χ0v) is 12.8. The average Bonchev–Trinajstić information content (AvgIpc) is 3.14. The van der Waals surface area contributed by atoms with Gasteiger partial charge in [0, 0.05) is 25.5 Å². The Morgan fingerprint density at radius 3 is 3.05 bits per heavy atom. The first-order valence-corrected chi connectivity index (χ1v) is 7.38. The van der Waals surface area contributed by atoms with Crippen molar-refractivity contribution < 1.29 is 18.3 Å². The highest BCUT2D eigenvalue weighted by molar-refractivity contribution is 5.81. The normalized spacial score (nSPS) is 19.8. The highest BCUT2D eigenvalue weighted by Gasteiger charge is 2.22. The van der Waals surface area contributed by atoms with Gasteiger partial charge in [-0.3, -0.25) is 14.3 Å². The van der Waals surface area contributed by atoms with Gasteiger partial charge in [0.25, 0.3) is 0 Å². The summed E-state index contributed by atoms with van der Waals surface area (Å²) in [5.41, 5.74) is 0. The molecule has 22 heavy (non-hydrogen) atoms. The first-order valence-electron chi connectivity index (χ1n) is 7.38. The van der Waals surface area contributed by atoms with Gasteiger partial charge in [-0.05, 0) is 26.8 Å². The fourth-order valence-electron chi connectivity index (χ4n) is 2.37. The van der Waals surface area contributed by atoms with E-state index in [1.165, 1.54) is 12.4 Å². The van der Waals surface area contributed by atoms with Gasteiger partial charge in [0.15, 0.2) is 0 Å². The fourth-order valence-corrected chi connectivity index (χ4v) is 2.37. The van der Waals surface area contributed by atoms with E-state index in [2.05, 4.69) is 10.3 Å². The van der Waals surface area contributed by atoms with E-state index < -0.39 is 12.6 Å². The Morgan fingerprint density at radius 1 is 1.64 bits per heavy atom. The molecule has 0 saturated carbocycles. The van der Waals surface area contributed by atoms with E-state index in [4.69, 9.17) is 4.74 Å². The maximum Gasteiger partial charge on any atom is 0.319 e. The van der Waals surface area contributed by atoms with Gasteiger partial charge in [0.2, 0.25) is 5.91 Å². The average molecular weight is 316 g/mol. The van der Waals surface area contributed by atoms with Crippen molar-refractivity contribution in [3.63, 3.8) is 0 Å². The van der Waals surface area contributed by atoms with E-state index in [9.17, 15) is 13.6 Å². The molecule has 0 bridgehead atoms. The number of alkyl halides is 2. The second-order valence-electron chi connectivity index (χ2n) is 5.50. The highest BCUT2D eigenvalue weighted by atomic mass is 19.3. The molecule has 0 aromatic carbocycles. The molecule has 8 heteroatoms. The molecule has 2 heterocycles. The summed E-state index contributed by atoms with van der Waals surface area (Å²) >= 11 is 0. The Hall–Kier alpha value is -1.54. The number of rotatable bonds is 7. The van der Waals surface area contributed by atoms with E-state index in [1.54, 1.807) is 18.9 Å². The molecule has 1 aliphatic heterocycles. The number of nitrogens with one attached hydrogen (secondary N) is 1. The summed E-state index contributed by atoms with van der Waals surface area (Å²) < 4.78 is 31.8. The number of carbonyl (C=O) groups is 1. The molecule has 2 atom stereocenters. The van der Waals surface area contributed by atoms with Crippen molar-refractivity contribution in [2.24, 2.45) is 0 Å². The largest absolute Gasteiger partial charge is 0.376 e. The van der Waals surface area contributed by atoms with E-state index >= 15 is 0 Å². The van der Waals surface area contributed by atoms with Crippen LogP contribution in [0.3, 0.4) is 0 Å². The molecule has 2 rings (SSSR count). The minimum absolute atomic E-state index is 0.0826. The van der Waals surface area contributed by atoms with Crippen LogP contribution in [0.5, 0.6) is 0 Å². The van der Waals surface area contributed by atoms with Gasteiger partial charge in [-0.15, -0.1) is 0 Å². The Bertz CT molecular complexity index is 489. The predicted molar refractivity (Wildman–Crippen MR) is 76.4 cm³/mol. The van der Waals surface area contributed by atoms with Crippen LogP contribution in [0.2, 0.25) is 0 Å². The standard InChI is InChI=1S/C14H22F2N4O2/c1-10(13(21)18-8-11-4-3-7-22-11)19(2)9-12-17-5-6-20(12)14(15)16/h5-6,10-11,14H,3-4,7-9H2,1-2H3,(H,18,21)/t10-,11+/m1/s1. The van der Waals surface area contributed by atoms with E-state index in [0.717, 1.165) is 24.0 Å². The molecule has 6 nitrogen and oxygen atoms in total. The van der Waals surface area contributed by atoms with Gasteiger partial charge in [0.05, 0.1) is 18.7 Å². The van der Waals surface area contributed by atoms with Crippen molar-refractivity contribution in [2.45, 2.75) is 45.0 Å². The Morgan fingerprint density at radius 2 is 2.41 bits per heavy atom. The second kappa shape index (κ2) is 7.64. The van der Waals surface area contributed by atoms with Crippen LogP contribution >= 0.6 is 0 Å². The van der Waals surface area contributed by atoms with E-state index in [1.807, 2.05) is 0 Å². The lowest BCUT2D eigenvalue weighted by Gasteiger charge is -2.24. The third-order valence-electron chi connectivity index (χ3n) is 3.92. The Labute approximate surface area is 128 Å². The molecule has 0 radical (unpaired) electrons. The Kier molecular flexibility index (Phi) is 5.84. The molecule has 1 amide bonds. The van der Waals surface area contributed by atoms with Gasteiger partial charge < -0.3 is 10.1 Å². The van der Waals surface area contributed by atoms with Crippen LogP contribution in [0, 0.1) is 0 Å². The number of ether oxygens (including phenoxy) is 1. The van der Waals surface area contributed by atoms with Crippen molar-refractivity contribution in [2.75, 3.05) is 20.2 Å². The van der Waals surface area contributed by atoms with Gasteiger partial charge in [-0.2, -0.15) is 8.78 Å². The summed E-state index contributed by atoms with van der Waals surface area (Å²) in [5, 5.41) is 2.84. The van der Waals surface area contributed by atoms with Crippen molar-refractivity contribution in [1.29, 1.82) is 0 Å². The minimum atomic E-state index is -2.63. The number of aromatic nitrogens is 2. The molecular formula is C14H22F2N4O2. The zero-order chi connectivity index (χ0) is 16.1. The molecule has 1 saturated heterocycles. The smallest absolute Gasteiger partial charge is 0.319 e. The molecule has 0 unspecified atom stereocenters. The topological polar surface area (TPSA) is 59.4 Å². The second-order valence-corrected chi connectivity index (χ2v) is 5.50. The van der Waals surface area contributed by atoms with E-state index in [0.29, 0.717) is 6.54 Å². The summed E-state index contributed by atoms with van der Waals surface area (Å²) in [6.45, 7) is 0.510. The zero-order valence-electron chi connectivity index (χ0n) is 12.8. The lowest BCUT2D eigenvalue weighted by Crippen LogP contribution is -2.45. The SMILES string of the molecule is C[C@H](C(=O)NC[C@@H]1CCCO1)N(C)Cc1nccn1C(F)F. The Balaban J connectivity index is 1.83. The number of imidazole rings is 1. The summed E-state index contributed by atoms with van der Waals surface area (Å²) in [7, 11) is 1.71. The van der Waals surface area contributed by atoms with Crippen LogP contribution in [0.4, 0.5) is 8.78 Å². The van der Waals surface area contributed by atoms with Gasteiger partial charge in [-0.1, -0.05) is 0 Å². The number of hydrogen-bond acceptors (Lipinski definition) is 4.